The highest BCUT2D eigenvalue weighted by Gasteiger charge is 2.18. The summed E-state index contributed by atoms with van der Waals surface area (Å²) >= 11 is 0. The van der Waals surface area contributed by atoms with Crippen LogP contribution in [-0.4, -0.2) is 55.2 Å². The molecule has 1 aromatic rings. The van der Waals surface area contributed by atoms with Crippen LogP contribution in [0.15, 0.2) is 18.2 Å². The van der Waals surface area contributed by atoms with Gasteiger partial charge in [-0.25, -0.2) is 0 Å². The zero-order valence-corrected chi connectivity index (χ0v) is 12.8. The van der Waals surface area contributed by atoms with Crippen LogP contribution in [-0.2, 0) is 0 Å². The first-order valence-electron chi connectivity index (χ1n) is 7.41. The lowest BCUT2D eigenvalue weighted by molar-refractivity contribution is 0.214. The molecule has 0 aliphatic carbocycles. The molecule has 1 unspecified atom stereocenters. The zero-order chi connectivity index (χ0) is 14.5. The molecular formula is C16H26N2O2. The molecule has 0 bridgehead atoms. The van der Waals surface area contributed by atoms with E-state index in [1.165, 1.54) is 25.9 Å². The Morgan fingerprint density at radius 1 is 1.35 bits per heavy atom. The molecule has 0 spiro atoms. The van der Waals surface area contributed by atoms with Crippen LogP contribution in [0.1, 0.15) is 31.4 Å². The van der Waals surface area contributed by atoms with Gasteiger partial charge in [-0.15, -0.1) is 0 Å². The molecule has 20 heavy (non-hydrogen) atoms. The van der Waals surface area contributed by atoms with Crippen molar-refractivity contribution in [2.45, 2.75) is 25.8 Å². The number of hydrogen-bond acceptors (Lipinski definition) is 4. The van der Waals surface area contributed by atoms with Crippen LogP contribution < -0.4 is 4.74 Å². The van der Waals surface area contributed by atoms with Gasteiger partial charge in [0.2, 0.25) is 0 Å². The number of nitrogens with zero attached hydrogens (tertiary/aromatic N) is 2. The van der Waals surface area contributed by atoms with E-state index in [0.29, 0.717) is 11.5 Å². The van der Waals surface area contributed by atoms with E-state index in [9.17, 15) is 5.11 Å². The number of benzene rings is 1. The summed E-state index contributed by atoms with van der Waals surface area (Å²) in [4.78, 5) is 4.80. The lowest BCUT2D eigenvalue weighted by atomic mass is 10.1. The van der Waals surface area contributed by atoms with Gasteiger partial charge < -0.3 is 14.7 Å². The van der Waals surface area contributed by atoms with Gasteiger partial charge in [0.15, 0.2) is 0 Å². The smallest absolute Gasteiger partial charge is 0.124 e. The second kappa shape index (κ2) is 6.95. The summed E-state index contributed by atoms with van der Waals surface area (Å²) in [6.07, 6.45) is 2.66. The van der Waals surface area contributed by atoms with Crippen LogP contribution in [0.5, 0.6) is 11.5 Å². The lowest BCUT2D eigenvalue weighted by Crippen LogP contribution is -2.33. The van der Waals surface area contributed by atoms with E-state index in [0.717, 1.165) is 18.7 Å². The molecule has 1 fully saturated rings. The maximum Gasteiger partial charge on any atom is 0.124 e. The Balaban J connectivity index is 1.93. The number of likely N-dealkylation sites (tertiary alicyclic amines) is 1. The van der Waals surface area contributed by atoms with E-state index in [4.69, 9.17) is 4.74 Å². The Morgan fingerprint density at radius 2 is 2.05 bits per heavy atom. The second-order valence-electron chi connectivity index (χ2n) is 5.63. The van der Waals surface area contributed by atoms with Gasteiger partial charge in [0, 0.05) is 30.8 Å². The molecule has 2 rings (SSSR count). The molecule has 0 saturated carbocycles. The van der Waals surface area contributed by atoms with Gasteiger partial charge in [-0.05, 0) is 46.0 Å². The van der Waals surface area contributed by atoms with Crippen LogP contribution in [0.2, 0.25) is 0 Å². The van der Waals surface area contributed by atoms with Crippen LogP contribution in [0.25, 0.3) is 0 Å². The SMILES string of the molecule is COc1ccc(C(C)N(C)CCN2CCCC2)c(O)c1. The lowest BCUT2D eigenvalue weighted by Gasteiger charge is -2.27. The van der Waals surface area contributed by atoms with E-state index < -0.39 is 0 Å². The molecule has 1 aliphatic heterocycles. The summed E-state index contributed by atoms with van der Waals surface area (Å²) < 4.78 is 5.12. The second-order valence-corrected chi connectivity index (χ2v) is 5.63. The third-order valence-electron chi connectivity index (χ3n) is 4.32. The molecule has 4 heteroatoms. The minimum Gasteiger partial charge on any atom is -0.507 e. The van der Waals surface area contributed by atoms with Crippen molar-refractivity contribution >= 4 is 0 Å². The number of phenols is 1. The van der Waals surface area contributed by atoms with Crippen molar-refractivity contribution in [1.29, 1.82) is 0 Å². The number of ether oxygens (including phenoxy) is 1. The predicted octanol–water partition coefficient (Wildman–Crippen LogP) is 2.49. The molecule has 1 aliphatic rings. The maximum absolute atomic E-state index is 10.1. The monoisotopic (exact) mass is 278 g/mol. The number of methoxy groups -OCH3 is 1. The van der Waals surface area contributed by atoms with Gasteiger partial charge in [-0.2, -0.15) is 0 Å². The van der Waals surface area contributed by atoms with Crippen molar-refractivity contribution < 1.29 is 9.84 Å². The average molecular weight is 278 g/mol. The molecule has 0 aromatic heterocycles. The topological polar surface area (TPSA) is 35.9 Å². The predicted molar refractivity (Wildman–Crippen MR) is 81.4 cm³/mol. The number of likely N-dealkylation sites (N-methyl/N-ethyl adjacent to an activating group) is 1. The summed E-state index contributed by atoms with van der Waals surface area (Å²) in [7, 11) is 3.73. The third-order valence-corrected chi connectivity index (χ3v) is 4.32. The number of aromatic hydroxyl groups is 1. The standard InChI is InChI=1S/C16H26N2O2/c1-13(15-7-6-14(20-3)12-16(15)19)17(2)10-11-18-8-4-5-9-18/h6-7,12-13,19H,4-5,8-11H2,1-3H3. The summed E-state index contributed by atoms with van der Waals surface area (Å²) in [6.45, 7) is 6.72. The Kier molecular flexibility index (Phi) is 5.26. The Hall–Kier alpha value is -1.26. The summed E-state index contributed by atoms with van der Waals surface area (Å²) in [5.74, 6) is 1.00. The van der Waals surface area contributed by atoms with Crippen molar-refractivity contribution in [1.82, 2.24) is 9.80 Å². The van der Waals surface area contributed by atoms with Gasteiger partial charge in [0.05, 0.1) is 7.11 Å². The minimum absolute atomic E-state index is 0.198. The fraction of sp³-hybridized carbons (Fsp3) is 0.625. The highest BCUT2D eigenvalue weighted by atomic mass is 16.5. The Morgan fingerprint density at radius 3 is 2.65 bits per heavy atom. The third kappa shape index (κ3) is 3.64. The summed E-state index contributed by atoms with van der Waals surface area (Å²) in [5, 5.41) is 10.1. The first-order valence-corrected chi connectivity index (χ1v) is 7.41. The quantitative estimate of drug-likeness (QED) is 0.867. The minimum atomic E-state index is 0.198. The van der Waals surface area contributed by atoms with Gasteiger partial charge in [0.25, 0.3) is 0 Å². The molecule has 0 radical (unpaired) electrons. The zero-order valence-electron chi connectivity index (χ0n) is 12.8. The fourth-order valence-corrected chi connectivity index (χ4v) is 2.74. The van der Waals surface area contributed by atoms with E-state index in [2.05, 4.69) is 23.8 Å². The first-order chi connectivity index (χ1) is 9.61. The van der Waals surface area contributed by atoms with Crippen LogP contribution in [0, 0.1) is 0 Å². The Bertz CT molecular complexity index is 430. The number of rotatable bonds is 6. The van der Waals surface area contributed by atoms with Gasteiger partial charge in [-0.1, -0.05) is 6.07 Å². The van der Waals surface area contributed by atoms with Gasteiger partial charge in [-0.3, -0.25) is 4.90 Å². The molecule has 4 nitrogen and oxygen atoms in total. The first kappa shape index (κ1) is 15.1. The molecule has 1 aromatic carbocycles. The summed E-state index contributed by atoms with van der Waals surface area (Å²) in [6, 6.07) is 5.73. The largest absolute Gasteiger partial charge is 0.507 e. The molecule has 1 heterocycles. The van der Waals surface area contributed by atoms with Crippen molar-refractivity contribution in [2.24, 2.45) is 0 Å². The van der Waals surface area contributed by atoms with Crippen molar-refractivity contribution in [3.63, 3.8) is 0 Å². The molecule has 1 N–H and O–H groups in total. The number of phenolic OH excluding ortho intramolecular Hbond substituents is 1. The maximum atomic E-state index is 10.1. The van der Waals surface area contributed by atoms with Crippen molar-refractivity contribution in [3.8, 4) is 11.5 Å². The highest BCUT2D eigenvalue weighted by molar-refractivity contribution is 5.41. The van der Waals surface area contributed by atoms with Crippen LogP contribution in [0.4, 0.5) is 0 Å². The summed E-state index contributed by atoms with van der Waals surface area (Å²) in [5.41, 5.74) is 0.953. The van der Waals surface area contributed by atoms with Gasteiger partial charge in [0.1, 0.15) is 11.5 Å². The van der Waals surface area contributed by atoms with Gasteiger partial charge >= 0.3 is 0 Å². The fourth-order valence-electron chi connectivity index (χ4n) is 2.74. The molecule has 1 atom stereocenters. The molecule has 0 amide bonds. The van der Waals surface area contributed by atoms with E-state index >= 15 is 0 Å². The normalized spacial score (nSPS) is 17.6. The molecule has 1 saturated heterocycles. The van der Waals surface area contributed by atoms with Crippen molar-refractivity contribution in [2.75, 3.05) is 40.3 Å². The van der Waals surface area contributed by atoms with Crippen molar-refractivity contribution in [3.05, 3.63) is 23.8 Å². The number of hydrogen-bond donors (Lipinski definition) is 1. The molecular weight excluding hydrogens is 252 g/mol. The highest BCUT2D eigenvalue weighted by Crippen LogP contribution is 2.30. The van der Waals surface area contributed by atoms with Crippen LogP contribution in [0.3, 0.4) is 0 Å². The Labute approximate surface area is 122 Å². The van der Waals surface area contributed by atoms with E-state index in [1.54, 1.807) is 13.2 Å². The average Bonchev–Trinajstić information content (AvgIpc) is 2.97. The molecule has 112 valence electrons. The van der Waals surface area contributed by atoms with E-state index in [1.807, 2.05) is 12.1 Å². The van der Waals surface area contributed by atoms with Crippen LogP contribution >= 0.6 is 0 Å². The van der Waals surface area contributed by atoms with E-state index in [-0.39, 0.29) is 6.04 Å².